The van der Waals surface area contributed by atoms with Crippen molar-refractivity contribution in [3.63, 3.8) is 0 Å². The fourth-order valence-corrected chi connectivity index (χ4v) is 0.910. The lowest BCUT2D eigenvalue weighted by Gasteiger charge is -1.94. The Kier molecular flexibility index (Phi) is 2.65. The Bertz CT molecular complexity index is 255. The molecule has 1 rings (SSSR count). The lowest BCUT2D eigenvalue weighted by atomic mass is 10.1. The van der Waals surface area contributed by atoms with Crippen molar-refractivity contribution < 1.29 is 9.18 Å². The molecule has 0 saturated carbocycles. The van der Waals surface area contributed by atoms with Crippen molar-refractivity contribution in [3.05, 3.63) is 35.6 Å². The molecule has 1 nitrogen and oxygen atoms in total. The molecule has 0 radical (unpaired) electrons. The minimum absolute atomic E-state index is 0.0895. The molecule has 0 aliphatic heterocycles. The molecule has 0 saturated heterocycles. The van der Waals surface area contributed by atoms with E-state index in [9.17, 15) is 9.18 Å². The number of ketones is 1. The van der Waals surface area contributed by atoms with Gasteiger partial charge in [0.15, 0.2) is 5.78 Å². The number of hydrogen-bond donors (Lipinski definition) is 1. The highest BCUT2D eigenvalue weighted by molar-refractivity contribution is 7.81. The SMILES string of the molecule is O=C(CS)c1ccc(F)cc1. The summed E-state index contributed by atoms with van der Waals surface area (Å²) < 4.78 is 12.3. The first-order valence-corrected chi connectivity index (χ1v) is 3.77. The second-order valence-corrected chi connectivity index (χ2v) is 2.40. The summed E-state index contributed by atoms with van der Waals surface area (Å²) in [6, 6.07) is 5.43. The van der Waals surface area contributed by atoms with Crippen LogP contribution < -0.4 is 0 Å². The standard InChI is InChI=1S/C8H7FOS/c9-7-3-1-6(2-4-7)8(10)5-11/h1-4,11H,5H2. The van der Waals surface area contributed by atoms with E-state index in [1.807, 2.05) is 0 Å². The molecule has 0 bridgehead atoms. The van der Waals surface area contributed by atoms with Crippen molar-refractivity contribution in [1.82, 2.24) is 0 Å². The number of benzene rings is 1. The molecule has 3 heteroatoms. The van der Waals surface area contributed by atoms with E-state index in [2.05, 4.69) is 12.6 Å². The second kappa shape index (κ2) is 3.53. The Labute approximate surface area is 69.6 Å². The van der Waals surface area contributed by atoms with Crippen LogP contribution in [0.25, 0.3) is 0 Å². The molecule has 1 aromatic rings. The summed E-state index contributed by atoms with van der Waals surface area (Å²) in [6.45, 7) is 0. The number of Topliss-reactive ketones (excluding diaryl/α,β-unsaturated/α-hetero) is 1. The predicted octanol–water partition coefficient (Wildman–Crippen LogP) is 1.94. The Morgan fingerprint density at radius 3 is 2.36 bits per heavy atom. The molecule has 0 heterocycles. The van der Waals surface area contributed by atoms with Crippen molar-refractivity contribution in [2.45, 2.75) is 0 Å². The largest absolute Gasteiger partial charge is 0.293 e. The van der Waals surface area contributed by atoms with Gasteiger partial charge in [-0.15, -0.1) is 0 Å². The number of carbonyl (C=O) groups excluding carboxylic acids is 1. The van der Waals surface area contributed by atoms with Gasteiger partial charge in [0.25, 0.3) is 0 Å². The molecule has 0 unspecified atom stereocenters. The predicted molar refractivity (Wildman–Crippen MR) is 44.6 cm³/mol. The van der Waals surface area contributed by atoms with E-state index in [-0.39, 0.29) is 17.4 Å². The molecule has 58 valence electrons. The van der Waals surface area contributed by atoms with E-state index in [0.717, 1.165) is 0 Å². The van der Waals surface area contributed by atoms with Gasteiger partial charge in [-0.05, 0) is 24.3 Å². The molecule has 1 aromatic carbocycles. The molecule has 0 atom stereocenters. The van der Waals surface area contributed by atoms with Crippen LogP contribution in [0.3, 0.4) is 0 Å². The van der Waals surface area contributed by atoms with Crippen LogP contribution in [0.15, 0.2) is 24.3 Å². The topological polar surface area (TPSA) is 17.1 Å². The summed E-state index contributed by atoms with van der Waals surface area (Å²) in [6.07, 6.45) is 0. The monoisotopic (exact) mass is 170 g/mol. The number of hydrogen-bond acceptors (Lipinski definition) is 2. The summed E-state index contributed by atoms with van der Waals surface area (Å²) in [5.74, 6) is -0.264. The molecule has 0 spiro atoms. The summed E-state index contributed by atoms with van der Waals surface area (Å²) in [5, 5.41) is 0. The molecule has 0 fully saturated rings. The highest BCUT2D eigenvalue weighted by Crippen LogP contribution is 2.03. The third-order valence-corrected chi connectivity index (χ3v) is 1.60. The van der Waals surface area contributed by atoms with Gasteiger partial charge >= 0.3 is 0 Å². The Morgan fingerprint density at radius 1 is 1.36 bits per heavy atom. The van der Waals surface area contributed by atoms with Crippen molar-refractivity contribution in [2.24, 2.45) is 0 Å². The number of rotatable bonds is 2. The van der Waals surface area contributed by atoms with Crippen LogP contribution >= 0.6 is 12.6 Å². The van der Waals surface area contributed by atoms with E-state index in [1.165, 1.54) is 24.3 Å². The van der Waals surface area contributed by atoms with Crippen LogP contribution in [-0.4, -0.2) is 11.5 Å². The minimum atomic E-state index is -0.333. The quantitative estimate of drug-likeness (QED) is 0.530. The maximum atomic E-state index is 12.3. The van der Waals surface area contributed by atoms with E-state index in [4.69, 9.17) is 0 Å². The van der Waals surface area contributed by atoms with Crippen LogP contribution in [0.1, 0.15) is 10.4 Å². The number of carbonyl (C=O) groups is 1. The van der Waals surface area contributed by atoms with Crippen LogP contribution in [0.5, 0.6) is 0 Å². The Morgan fingerprint density at radius 2 is 1.91 bits per heavy atom. The second-order valence-electron chi connectivity index (χ2n) is 2.09. The fraction of sp³-hybridized carbons (Fsp3) is 0.125. The van der Waals surface area contributed by atoms with Crippen molar-refractivity contribution in [3.8, 4) is 0 Å². The van der Waals surface area contributed by atoms with Gasteiger partial charge in [-0.3, -0.25) is 4.79 Å². The van der Waals surface area contributed by atoms with Gasteiger partial charge in [-0.2, -0.15) is 12.6 Å². The summed E-state index contributed by atoms with van der Waals surface area (Å²) in [7, 11) is 0. The van der Waals surface area contributed by atoms with Gasteiger partial charge in [-0.25, -0.2) is 4.39 Å². The molecule has 11 heavy (non-hydrogen) atoms. The lowest BCUT2D eigenvalue weighted by Crippen LogP contribution is -1.99. The highest BCUT2D eigenvalue weighted by Gasteiger charge is 2.01. The molecular weight excluding hydrogens is 163 g/mol. The van der Waals surface area contributed by atoms with E-state index >= 15 is 0 Å². The third-order valence-electron chi connectivity index (χ3n) is 1.31. The van der Waals surface area contributed by atoms with Gasteiger partial charge in [0.05, 0.1) is 5.75 Å². The maximum Gasteiger partial charge on any atom is 0.172 e. The third kappa shape index (κ3) is 2.05. The zero-order chi connectivity index (χ0) is 8.27. The summed E-state index contributed by atoms with van der Waals surface area (Å²) in [4.78, 5) is 10.9. The number of thiol groups is 1. The van der Waals surface area contributed by atoms with Crippen molar-refractivity contribution in [1.29, 1.82) is 0 Å². The Balaban J connectivity index is 2.90. The minimum Gasteiger partial charge on any atom is -0.293 e. The van der Waals surface area contributed by atoms with Gasteiger partial charge in [0, 0.05) is 5.56 Å². The molecule has 0 amide bonds. The van der Waals surface area contributed by atoms with Gasteiger partial charge in [0.1, 0.15) is 5.82 Å². The van der Waals surface area contributed by atoms with Gasteiger partial charge in [0.2, 0.25) is 0 Å². The normalized spacial score (nSPS) is 9.64. The average Bonchev–Trinajstić information content (AvgIpc) is 2.05. The van der Waals surface area contributed by atoms with Crippen LogP contribution in [0, 0.1) is 5.82 Å². The molecule has 0 aliphatic rings. The first-order valence-electron chi connectivity index (χ1n) is 3.13. The first kappa shape index (κ1) is 8.27. The van der Waals surface area contributed by atoms with Crippen LogP contribution in [0.2, 0.25) is 0 Å². The summed E-state index contributed by atoms with van der Waals surface area (Å²) in [5.41, 5.74) is 0.501. The van der Waals surface area contributed by atoms with Crippen LogP contribution in [0.4, 0.5) is 4.39 Å². The zero-order valence-electron chi connectivity index (χ0n) is 5.75. The first-order chi connectivity index (χ1) is 5.24. The smallest absolute Gasteiger partial charge is 0.172 e. The molecule has 0 N–H and O–H groups in total. The fourth-order valence-electron chi connectivity index (χ4n) is 0.727. The highest BCUT2D eigenvalue weighted by atomic mass is 32.1. The Hall–Kier alpha value is -0.830. The molecule has 0 aliphatic carbocycles. The average molecular weight is 170 g/mol. The van der Waals surface area contributed by atoms with E-state index in [0.29, 0.717) is 5.56 Å². The number of halogens is 1. The molecular formula is C8H7FOS. The van der Waals surface area contributed by atoms with Gasteiger partial charge < -0.3 is 0 Å². The van der Waals surface area contributed by atoms with Crippen molar-refractivity contribution in [2.75, 3.05) is 5.75 Å². The maximum absolute atomic E-state index is 12.3. The summed E-state index contributed by atoms with van der Waals surface area (Å²) >= 11 is 3.81. The van der Waals surface area contributed by atoms with Crippen LogP contribution in [-0.2, 0) is 0 Å². The zero-order valence-corrected chi connectivity index (χ0v) is 6.64. The van der Waals surface area contributed by atoms with Gasteiger partial charge in [-0.1, -0.05) is 0 Å². The lowest BCUT2D eigenvalue weighted by molar-refractivity contribution is 0.102. The van der Waals surface area contributed by atoms with E-state index < -0.39 is 0 Å². The van der Waals surface area contributed by atoms with Crippen molar-refractivity contribution >= 4 is 18.4 Å². The van der Waals surface area contributed by atoms with E-state index in [1.54, 1.807) is 0 Å². The molecule has 0 aromatic heterocycles.